The van der Waals surface area contributed by atoms with Gasteiger partial charge < -0.3 is 14.9 Å². The molecular formula is C20H24N4O2. The molecule has 2 fully saturated rings. The highest BCUT2D eigenvalue weighted by Gasteiger charge is 2.45. The number of carbonyl (C=O) groups excluding carboxylic acids is 1. The summed E-state index contributed by atoms with van der Waals surface area (Å²) in [4.78, 5) is 25.7. The van der Waals surface area contributed by atoms with Gasteiger partial charge in [-0.25, -0.2) is 9.97 Å². The Labute approximate surface area is 153 Å². The molecule has 2 aromatic rings. The third-order valence-corrected chi connectivity index (χ3v) is 5.46. The van der Waals surface area contributed by atoms with E-state index >= 15 is 0 Å². The summed E-state index contributed by atoms with van der Waals surface area (Å²) in [5.41, 5.74) is 1.73. The maximum absolute atomic E-state index is 12.8. The van der Waals surface area contributed by atoms with Gasteiger partial charge in [-0.2, -0.15) is 0 Å². The Morgan fingerprint density at radius 1 is 1.08 bits per heavy atom. The molecular weight excluding hydrogens is 328 g/mol. The zero-order valence-corrected chi connectivity index (χ0v) is 15.3. The average Bonchev–Trinajstić information content (AvgIpc) is 3.16. The highest BCUT2D eigenvalue weighted by atomic mass is 16.3. The first-order valence-electron chi connectivity index (χ1n) is 9.15. The van der Waals surface area contributed by atoms with Crippen LogP contribution in [-0.4, -0.2) is 52.1 Å². The predicted molar refractivity (Wildman–Crippen MR) is 99.2 cm³/mol. The molecule has 0 unspecified atom stereocenters. The van der Waals surface area contributed by atoms with E-state index < -0.39 is 5.60 Å². The van der Waals surface area contributed by atoms with Crippen molar-refractivity contribution in [2.75, 3.05) is 31.1 Å². The number of rotatable bonds is 3. The van der Waals surface area contributed by atoms with Gasteiger partial charge in [-0.15, -0.1) is 0 Å². The topological polar surface area (TPSA) is 69.6 Å². The van der Waals surface area contributed by atoms with Crippen LogP contribution in [-0.2, 0) is 5.60 Å². The van der Waals surface area contributed by atoms with E-state index in [1.165, 1.54) is 0 Å². The van der Waals surface area contributed by atoms with Gasteiger partial charge >= 0.3 is 0 Å². The molecule has 136 valence electrons. The van der Waals surface area contributed by atoms with Gasteiger partial charge in [-0.3, -0.25) is 4.79 Å². The number of aryl methyl sites for hydroxylation is 1. The van der Waals surface area contributed by atoms with E-state index in [0.29, 0.717) is 0 Å². The van der Waals surface area contributed by atoms with Gasteiger partial charge in [-0.1, -0.05) is 30.3 Å². The lowest BCUT2D eigenvalue weighted by molar-refractivity contribution is -0.0867. The third kappa shape index (κ3) is 2.84. The molecule has 6 heteroatoms. The third-order valence-electron chi connectivity index (χ3n) is 5.46. The Kier molecular flexibility index (Phi) is 4.15. The van der Waals surface area contributed by atoms with Crippen LogP contribution in [0.2, 0.25) is 0 Å². The molecule has 4 rings (SSSR count). The number of anilines is 1. The molecule has 26 heavy (non-hydrogen) atoms. The van der Waals surface area contributed by atoms with Crippen molar-refractivity contribution in [3.8, 4) is 0 Å². The van der Waals surface area contributed by atoms with Crippen LogP contribution in [0, 0.1) is 13.8 Å². The first-order chi connectivity index (χ1) is 12.5. The summed E-state index contributed by atoms with van der Waals surface area (Å²) in [5, 5.41) is 10.7. The molecule has 6 nitrogen and oxygen atoms in total. The van der Waals surface area contributed by atoms with Crippen molar-refractivity contribution in [2.45, 2.75) is 32.3 Å². The number of hydrogen-bond donors (Lipinski definition) is 1. The van der Waals surface area contributed by atoms with Crippen LogP contribution in [0.25, 0.3) is 0 Å². The summed E-state index contributed by atoms with van der Waals surface area (Å²) >= 11 is 0. The van der Waals surface area contributed by atoms with Crippen LogP contribution in [0.3, 0.4) is 0 Å². The minimum Gasteiger partial charge on any atom is -0.381 e. The normalized spacial score (nSPS) is 18.7. The summed E-state index contributed by atoms with van der Waals surface area (Å²) in [7, 11) is 0. The molecule has 2 saturated heterocycles. The lowest BCUT2D eigenvalue weighted by atomic mass is 9.86. The van der Waals surface area contributed by atoms with E-state index in [-0.39, 0.29) is 24.8 Å². The number of amides is 1. The average molecular weight is 352 g/mol. The van der Waals surface area contributed by atoms with Gasteiger partial charge in [0.1, 0.15) is 11.4 Å². The lowest BCUT2D eigenvalue weighted by Gasteiger charge is -2.46. The largest absolute Gasteiger partial charge is 0.381 e. The van der Waals surface area contributed by atoms with Crippen LogP contribution >= 0.6 is 0 Å². The molecule has 3 heterocycles. The fourth-order valence-corrected chi connectivity index (χ4v) is 3.75. The van der Waals surface area contributed by atoms with Crippen molar-refractivity contribution in [2.24, 2.45) is 0 Å². The van der Waals surface area contributed by atoms with Crippen molar-refractivity contribution >= 4 is 11.7 Å². The summed E-state index contributed by atoms with van der Waals surface area (Å²) in [5.74, 6) is 0.886. The fraction of sp³-hybridized carbons (Fsp3) is 0.450. The molecule has 2 aliphatic heterocycles. The molecule has 0 spiro atoms. The Balaban J connectivity index is 1.54. The van der Waals surface area contributed by atoms with Gasteiger partial charge in [0.2, 0.25) is 5.82 Å². The van der Waals surface area contributed by atoms with Crippen LogP contribution in [0.1, 0.15) is 40.3 Å². The molecule has 0 saturated carbocycles. The van der Waals surface area contributed by atoms with E-state index in [0.717, 1.165) is 48.6 Å². The highest BCUT2D eigenvalue weighted by Crippen LogP contribution is 2.33. The molecule has 1 aromatic carbocycles. The molecule has 0 atom stereocenters. The molecule has 1 aromatic heterocycles. The van der Waals surface area contributed by atoms with Crippen LogP contribution < -0.4 is 4.90 Å². The Bertz CT molecular complexity index is 825. The number of nitrogens with zero attached hydrogens (tertiary/aromatic N) is 4. The van der Waals surface area contributed by atoms with Gasteiger partial charge in [0.15, 0.2) is 0 Å². The minimum atomic E-state index is -0.978. The van der Waals surface area contributed by atoms with Crippen LogP contribution in [0.15, 0.2) is 30.3 Å². The summed E-state index contributed by atoms with van der Waals surface area (Å²) in [6.45, 7) is 6.42. The molecule has 0 radical (unpaired) electrons. The van der Waals surface area contributed by atoms with Crippen molar-refractivity contribution in [1.29, 1.82) is 0 Å². The monoisotopic (exact) mass is 352 g/mol. The number of carbonyl (C=O) groups is 1. The summed E-state index contributed by atoms with van der Waals surface area (Å²) in [6, 6.07) is 9.48. The predicted octanol–water partition coefficient (Wildman–Crippen LogP) is 2.04. The Hall–Kier alpha value is -2.47. The second kappa shape index (κ2) is 6.36. The van der Waals surface area contributed by atoms with E-state index in [2.05, 4.69) is 14.9 Å². The van der Waals surface area contributed by atoms with Gasteiger partial charge in [0.05, 0.1) is 13.1 Å². The maximum atomic E-state index is 12.8. The van der Waals surface area contributed by atoms with Crippen LogP contribution in [0.4, 0.5) is 5.82 Å². The summed E-state index contributed by atoms with van der Waals surface area (Å²) in [6.07, 6.45) is 2.31. The molecule has 0 aliphatic carbocycles. The lowest BCUT2D eigenvalue weighted by Crippen LogP contribution is -2.61. The number of aliphatic hydroxyl groups is 1. The van der Waals surface area contributed by atoms with E-state index in [4.69, 9.17) is 0 Å². The summed E-state index contributed by atoms with van der Waals surface area (Å²) < 4.78 is 0. The van der Waals surface area contributed by atoms with Crippen molar-refractivity contribution in [3.63, 3.8) is 0 Å². The smallest absolute Gasteiger partial charge is 0.291 e. The Morgan fingerprint density at radius 2 is 1.73 bits per heavy atom. The number of hydrogen-bond acceptors (Lipinski definition) is 5. The highest BCUT2D eigenvalue weighted by molar-refractivity contribution is 5.92. The molecule has 0 bridgehead atoms. The SMILES string of the molecule is Cc1nc(C(=O)N2CC(O)(c3ccccc3)C2)nc(N2CCCC2)c1C. The molecule has 1 N–H and O–H groups in total. The van der Waals surface area contributed by atoms with E-state index in [9.17, 15) is 9.90 Å². The molecule has 2 aliphatic rings. The van der Waals surface area contributed by atoms with E-state index in [1.807, 2.05) is 44.2 Å². The number of aromatic nitrogens is 2. The maximum Gasteiger partial charge on any atom is 0.291 e. The standard InChI is InChI=1S/C20H24N4O2/c1-14-15(2)21-17(22-18(14)23-10-6-7-11-23)19(25)24-12-20(26,13-24)16-8-4-3-5-9-16/h3-5,8-9,26H,6-7,10-13H2,1-2H3. The second-order valence-electron chi connectivity index (χ2n) is 7.33. The molecule has 1 amide bonds. The fourth-order valence-electron chi connectivity index (χ4n) is 3.75. The van der Waals surface area contributed by atoms with Crippen molar-refractivity contribution in [3.05, 3.63) is 53.0 Å². The Morgan fingerprint density at radius 3 is 2.38 bits per heavy atom. The number of β-amino-alcohol motifs (C(OH)–C–C–N with tert-alkyl or cyclic N) is 1. The van der Waals surface area contributed by atoms with Gasteiger partial charge in [-0.05, 0) is 32.3 Å². The number of likely N-dealkylation sites (tertiary alicyclic amines) is 1. The second-order valence-corrected chi connectivity index (χ2v) is 7.33. The first-order valence-corrected chi connectivity index (χ1v) is 9.15. The van der Waals surface area contributed by atoms with Gasteiger partial charge in [0, 0.05) is 24.3 Å². The van der Waals surface area contributed by atoms with Crippen LogP contribution in [0.5, 0.6) is 0 Å². The zero-order valence-electron chi connectivity index (χ0n) is 15.3. The number of benzene rings is 1. The quantitative estimate of drug-likeness (QED) is 0.915. The first kappa shape index (κ1) is 17.0. The zero-order chi connectivity index (χ0) is 18.3. The van der Waals surface area contributed by atoms with Gasteiger partial charge in [0.25, 0.3) is 5.91 Å². The van der Waals surface area contributed by atoms with E-state index in [1.54, 1.807) is 4.90 Å². The minimum absolute atomic E-state index is 0.214. The van der Waals surface area contributed by atoms with Crippen molar-refractivity contribution in [1.82, 2.24) is 14.9 Å². The van der Waals surface area contributed by atoms with Crippen molar-refractivity contribution < 1.29 is 9.90 Å².